The standard InChI is InChI=1S/Fe.Mg.Mo.Sr.Zn.4H/q;+2;;+2;;4*-1. The number of hydrogen-bond acceptors (Lipinski definition) is 0. The molecule has 0 aromatic rings. The van der Waals surface area contributed by atoms with Crippen LogP contribution in [0.25, 0.3) is 0 Å². The van der Waals surface area contributed by atoms with Gasteiger partial charge in [0.25, 0.3) is 0 Å². The van der Waals surface area contributed by atoms with Gasteiger partial charge in [0.05, 0.1) is 0 Å². The summed E-state index contributed by atoms with van der Waals surface area (Å²) in [6, 6.07) is 0. The Kier molecular flexibility index (Phi) is 173. The van der Waals surface area contributed by atoms with Crippen molar-refractivity contribution in [2.45, 2.75) is 0 Å². The largest absolute Gasteiger partial charge is 2.00 e. The van der Waals surface area contributed by atoms with Gasteiger partial charge in [-0.05, 0) is 0 Å². The average Bonchev–Trinajstić information content (AvgIpc) is 0. The molecule has 0 nitrogen and oxygen atoms in total. The summed E-state index contributed by atoms with van der Waals surface area (Å²) in [6.07, 6.45) is 0. The molecule has 0 aliphatic rings. The first kappa shape index (κ1) is 35.6. The van der Waals surface area contributed by atoms with E-state index in [1.807, 2.05) is 0 Å². The summed E-state index contributed by atoms with van der Waals surface area (Å²) < 4.78 is 0. The maximum Gasteiger partial charge on any atom is 2.00 e. The molecule has 0 saturated heterocycles. The van der Waals surface area contributed by atoms with Gasteiger partial charge in [-0.1, -0.05) is 0 Å². The minimum absolute atomic E-state index is 0. The Labute approximate surface area is 129 Å². The summed E-state index contributed by atoms with van der Waals surface area (Å²) in [7, 11) is 0. The van der Waals surface area contributed by atoms with Gasteiger partial charge in [-0.15, -0.1) is 0 Å². The Hall–Kier alpha value is 4.08. The fourth-order valence-electron chi connectivity index (χ4n) is 0. The van der Waals surface area contributed by atoms with Crippen molar-refractivity contribution in [1.29, 1.82) is 0 Å². The Morgan fingerprint density at radius 1 is 1.20 bits per heavy atom. The van der Waals surface area contributed by atoms with Crippen LogP contribution in [-0.4, -0.2) is 68.5 Å². The van der Waals surface area contributed by atoms with Crippen LogP contribution < -0.4 is 0 Å². The molecule has 0 unspecified atom stereocenters. The molecule has 0 rings (SSSR count). The molecule has 0 aliphatic heterocycles. The van der Waals surface area contributed by atoms with E-state index in [1.165, 1.54) is 0 Å². The zero-order valence-corrected chi connectivity index (χ0v) is 13.9. The van der Waals surface area contributed by atoms with Crippen LogP contribution in [-0.2, 0) is 57.6 Å². The zero-order chi connectivity index (χ0) is 0. The zero-order valence-electron chi connectivity index (χ0n) is 6.88. The van der Waals surface area contributed by atoms with Gasteiger partial charge in [-0.25, -0.2) is 0 Å². The molecule has 0 spiro atoms. The molecule has 0 aromatic carbocycles. The van der Waals surface area contributed by atoms with E-state index >= 15 is 0 Å². The fraction of sp³-hybridized carbons (Fsp3) is 0. The average molecular weight is 333 g/mol. The van der Waals surface area contributed by atoms with Crippen molar-refractivity contribution in [3.63, 3.8) is 0 Å². The summed E-state index contributed by atoms with van der Waals surface area (Å²) in [6.45, 7) is 0. The Morgan fingerprint density at radius 2 is 1.20 bits per heavy atom. The molecular formula is H4FeMgMoSrZn. The molecule has 5 heavy (non-hydrogen) atoms. The van der Waals surface area contributed by atoms with Crippen LogP contribution in [0.3, 0.4) is 0 Å². The number of rotatable bonds is 0. The van der Waals surface area contributed by atoms with Gasteiger partial charge in [0, 0.05) is 57.6 Å². The summed E-state index contributed by atoms with van der Waals surface area (Å²) in [5.74, 6) is 0. The second-order valence-electron chi connectivity index (χ2n) is 0. The molecule has 0 radical (unpaired) electrons. The molecule has 24 valence electrons. The van der Waals surface area contributed by atoms with Crippen molar-refractivity contribution in [2.24, 2.45) is 0 Å². The van der Waals surface area contributed by atoms with E-state index in [1.54, 1.807) is 0 Å². The molecule has 0 amide bonds. The Morgan fingerprint density at radius 3 is 1.20 bits per heavy atom. The fourth-order valence-corrected chi connectivity index (χ4v) is 0. The minimum atomic E-state index is 0. The third-order valence-electron chi connectivity index (χ3n) is 0. The second kappa shape index (κ2) is 24.3. The normalized spacial score (nSPS) is 0. The minimum Gasteiger partial charge on any atom is -1.00 e. The molecule has 0 saturated carbocycles. The maximum atomic E-state index is 0. The second-order valence-corrected chi connectivity index (χ2v) is 0. The van der Waals surface area contributed by atoms with E-state index in [0.717, 1.165) is 0 Å². The molecule has 0 aromatic heterocycles. The van der Waals surface area contributed by atoms with Crippen LogP contribution >= 0.6 is 0 Å². The summed E-state index contributed by atoms with van der Waals surface area (Å²) in [5.41, 5.74) is 0. The van der Waals surface area contributed by atoms with Crippen LogP contribution in [0.4, 0.5) is 0 Å². The first-order valence-corrected chi connectivity index (χ1v) is 0. The first-order chi connectivity index (χ1) is 0. The number of hydrogen-bond donors (Lipinski definition) is 0. The van der Waals surface area contributed by atoms with Crippen LogP contribution in [0.15, 0.2) is 0 Å². The SMILES string of the molecule is [Fe].[H-].[H-].[H-].[H-].[Mg+2].[Mo].[Sr+2].[Zn]. The summed E-state index contributed by atoms with van der Waals surface area (Å²) >= 11 is 0. The monoisotopic (exact) mass is 334 g/mol. The van der Waals surface area contributed by atoms with E-state index in [0.29, 0.717) is 0 Å². The topological polar surface area (TPSA) is 0 Å². The first-order valence-electron chi connectivity index (χ1n) is 0. The molecule has 0 N–H and O–H groups in total. The van der Waals surface area contributed by atoms with Crippen LogP contribution in [0.2, 0.25) is 0 Å². The van der Waals surface area contributed by atoms with Crippen LogP contribution in [0, 0.1) is 0 Å². The van der Waals surface area contributed by atoms with Crippen LogP contribution in [0.5, 0.6) is 0 Å². The van der Waals surface area contributed by atoms with Crippen molar-refractivity contribution in [1.82, 2.24) is 0 Å². The molecule has 0 bridgehead atoms. The van der Waals surface area contributed by atoms with Gasteiger partial charge < -0.3 is 5.71 Å². The van der Waals surface area contributed by atoms with Crippen molar-refractivity contribution >= 4 is 68.5 Å². The molecular weight excluding hydrogens is 329 g/mol. The van der Waals surface area contributed by atoms with Crippen molar-refractivity contribution in [3.8, 4) is 0 Å². The summed E-state index contributed by atoms with van der Waals surface area (Å²) in [4.78, 5) is 0. The van der Waals surface area contributed by atoms with Gasteiger partial charge in [-0.2, -0.15) is 0 Å². The van der Waals surface area contributed by atoms with Crippen LogP contribution in [0.1, 0.15) is 5.71 Å². The third kappa shape index (κ3) is 17.9. The van der Waals surface area contributed by atoms with E-state index in [-0.39, 0.29) is 132 Å². The van der Waals surface area contributed by atoms with E-state index in [2.05, 4.69) is 0 Å². The van der Waals surface area contributed by atoms with Crippen molar-refractivity contribution in [2.75, 3.05) is 0 Å². The van der Waals surface area contributed by atoms with E-state index in [9.17, 15) is 0 Å². The molecule has 5 heteroatoms. The molecule has 0 aliphatic carbocycles. The van der Waals surface area contributed by atoms with Gasteiger partial charge in [0.1, 0.15) is 0 Å². The van der Waals surface area contributed by atoms with E-state index < -0.39 is 0 Å². The maximum absolute atomic E-state index is 0. The predicted octanol–water partition coefficient (Wildman–Crippen LogP) is -0.319. The van der Waals surface area contributed by atoms with Crippen molar-refractivity contribution < 1.29 is 63.3 Å². The quantitative estimate of drug-likeness (QED) is 0.533. The molecule has 0 heterocycles. The Balaban J connectivity index is 0. The third-order valence-corrected chi connectivity index (χ3v) is 0. The molecule has 0 fully saturated rings. The van der Waals surface area contributed by atoms with E-state index in [4.69, 9.17) is 0 Å². The van der Waals surface area contributed by atoms with Gasteiger partial charge >= 0.3 is 68.5 Å². The predicted molar refractivity (Wildman–Crippen MR) is 16.0 cm³/mol. The summed E-state index contributed by atoms with van der Waals surface area (Å²) in [5, 5.41) is 0. The smallest absolute Gasteiger partial charge is 1.00 e. The van der Waals surface area contributed by atoms with Gasteiger partial charge in [0.2, 0.25) is 0 Å². The van der Waals surface area contributed by atoms with Gasteiger partial charge in [-0.3, -0.25) is 0 Å². The van der Waals surface area contributed by atoms with Gasteiger partial charge in [0.15, 0.2) is 0 Å². The van der Waals surface area contributed by atoms with Crippen molar-refractivity contribution in [3.05, 3.63) is 0 Å². The molecule has 0 atom stereocenters. The Bertz CT molecular complexity index is 20.5.